The molecular formula is C17H21N3O3S. The van der Waals surface area contributed by atoms with Crippen LogP contribution in [0.3, 0.4) is 0 Å². The smallest absolute Gasteiger partial charge is 0.262 e. The molecule has 1 aliphatic carbocycles. The van der Waals surface area contributed by atoms with Crippen LogP contribution in [0, 0.1) is 10.7 Å². The first-order chi connectivity index (χ1) is 11.6. The molecule has 1 fully saturated rings. The molecule has 1 aliphatic rings. The minimum atomic E-state index is -0.317. The third kappa shape index (κ3) is 3.57. The van der Waals surface area contributed by atoms with E-state index in [1.54, 1.807) is 18.2 Å². The third-order valence-corrected chi connectivity index (χ3v) is 4.95. The first kappa shape index (κ1) is 16.9. The Hall–Kier alpha value is -1.99. The summed E-state index contributed by atoms with van der Waals surface area (Å²) in [7, 11) is 0. The number of fused-ring (bicyclic) bond motifs is 1. The van der Waals surface area contributed by atoms with E-state index in [1.165, 1.54) is 4.57 Å². The number of hydrogen-bond donors (Lipinski definition) is 3. The van der Waals surface area contributed by atoms with Gasteiger partial charge in [0.05, 0.1) is 17.0 Å². The lowest BCUT2D eigenvalue weighted by atomic mass is 10.1. The van der Waals surface area contributed by atoms with Gasteiger partial charge in [0.1, 0.15) is 0 Å². The van der Waals surface area contributed by atoms with Crippen molar-refractivity contribution in [3.8, 4) is 0 Å². The fourth-order valence-corrected chi connectivity index (χ4v) is 3.49. The fraction of sp³-hybridized carbons (Fsp3) is 0.471. The van der Waals surface area contributed by atoms with Gasteiger partial charge in [0.2, 0.25) is 5.91 Å². The van der Waals surface area contributed by atoms with Crippen LogP contribution in [-0.4, -0.2) is 33.2 Å². The number of hydrogen-bond acceptors (Lipinski definition) is 4. The average Bonchev–Trinajstić information content (AvgIpc) is 2.98. The van der Waals surface area contributed by atoms with Gasteiger partial charge in [0.15, 0.2) is 4.77 Å². The summed E-state index contributed by atoms with van der Waals surface area (Å²) in [6.45, 7) is 0.720. The molecule has 7 heteroatoms. The van der Waals surface area contributed by atoms with Gasteiger partial charge in [-0.15, -0.1) is 0 Å². The Kier molecular flexibility index (Phi) is 5.11. The van der Waals surface area contributed by atoms with E-state index in [0.717, 1.165) is 19.3 Å². The molecular weight excluding hydrogens is 326 g/mol. The largest absolute Gasteiger partial charge is 0.393 e. The highest BCUT2D eigenvalue weighted by Gasteiger charge is 2.25. The van der Waals surface area contributed by atoms with Crippen LogP contribution in [0.4, 0.5) is 0 Å². The number of nitrogens with zero attached hydrogens (tertiary/aromatic N) is 1. The second kappa shape index (κ2) is 7.27. The normalized spacial score (nSPS) is 20.4. The molecule has 0 saturated heterocycles. The van der Waals surface area contributed by atoms with Gasteiger partial charge in [-0.1, -0.05) is 18.6 Å². The number of carbonyl (C=O) groups is 1. The number of para-hydroxylation sites is 1. The summed E-state index contributed by atoms with van der Waals surface area (Å²) in [5.74, 6) is 0.00347. The summed E-state index contributed by atoms with van der Waals surface area (Å²) >= 11 is 5.23. The van der Waals surface area contributed by atoms with E-state index < -0.39 is 0 Å². The molecule has 2 aromatic rings. The van der Waals surface area contributed by atoms with Crippen LogP contribution in [0.2, 0.25) is 0 Å². The Morgan fingerprint density at radius 3 is 2.92 bits per heavy atom. The lowest BCUT2D eigenvalue weighted by molar-refractivity contribution is -0.121. The second-order valence-electron chi connectivity index (χ2n) is 6.24. The Morgan fingerprint density at radius 1 is 1.38 bits per heavy atom. The summed E-state index contributed by atoms with van der Waals surface area (Å²) < 4.78 is 1.74. The van der Waals surface area contributed by atoms with Crippen molar-refractivity contribution in [1.29, 1.82) is 0 Å². The Bertz CT molecular complexity index is 858. The molecule has 0 spiro atoms. The van der Waals surface area contributed by atoms with Crippen LogP contribution < -0.4 is 10.9 Å². The predicted octanol–water partition coefficient (Wildman–Crippen LogP) is 1.73. The number of H-pyrrole nitrogens is 1. The van der Waals surface area contributed by atoms with Gasteiger partial charge in [-0.3, -0.25) is 14.2 Å². The molecule has 1 amide bonds. The Labute approximate surface area is 144 Å². The summed E-state index contributed by atoms with van der Waals surface area (Å²) in [4.78, 5) is 27.5. The standard InChI is InChI=1S/C17H21N3O3S/c21-14-7-3-4-11(14)10-18-15(22)8-9-20-16(23)12-5-1-2-6-13(12)19-17(20)24/h1-2,5-6,11,14,21H,3-4,7-10H2,(H,18,22)(H,19,24)/t11-,14-/m1/s1. The molecule has 0 bridgehead atoms. The number of aliphatic hydroxyl groups excluding tert-OH is 1. The molecule has 128 valence electrons. The first-order valence-corrected chi connectivity index (χ1v) is 8.63. The topological polar surface area (TPSA) is 87.1 Å². The quantitative estimate of drug-likeness (QED) is 0.719. The number of benzene rings is 1. The molecule has 24 heavy (non-hydrogen) atoms. The molecule has 1 aromatic heterocycles. The molecule has 6 nitrogen and oxygen atoms in total. The van der Waals surface area contributed by atoms with Crippen LogP contribution in [0.25, 0.3) is 10.9 Å². The van der Waals surface area contributed by atoms with Crippen molar-refractivity contribution in [2.75, 3.05) is 6.54 Å². The number of aromatic amines is 1. The monoisotopic (exact) mass is 347 g/mol. The van der Waals surface area contributed by atoms with E-state index in [-0.39, 0.29) is 36.5 Å². The summed E-state index contributed by atoms with van der Waals surface area (Å²) in [5, 5.41) is 13.2. The zero-order chi connectivity index (χ0) is 17.1. The van der Waals surface area contributed by atoms with Gasteiger partial charge < -0.3 is 15.4 Å². The second-order valence-corrected chi connectivity index (χ2v) is 6.63. The van der Waals surface area contributed by atoms with Crippen molar-refractivity contribution in [2.24, 2.45) is 5.92 Å². The summed E-state index contributed by atoms with van der Waals surface area (Å²) in [6.07, 6.45) is 2.61. The number of nitrogens with one attached hydrogen (secondary N) is 2. The van der Waals surface area contributed by atoms with E-state index >= 15 is 0 Å². The maximum atomic E-state index is 12.5. The van der Waals surface area contributed by atoms with Crippen LogP contribution in [0.5, 0.6) is 0 Å². The minimum Gasteiger partial charge on any atom is -0.393 e. The molecule has 1 saturated carbocycles. The molecule has 1 aromatic carbocycles. The highest BCUT2D eigenvalue weighted by Crippen LogP contribution is 2.24. The van der Waals surface area contributed by atoms with Gasteiger partial charge in [0, 0.05) is 25.4 Å². The van der Waals surface area contributed by atoms with Crippen molar-refractivity contribution in [1.82, 2.24) is 14.9 Å². The average molecular weight is 347 g/mol. The number of amides is 1. The van der Waals surface area contributed by atoms with Crippen LogP contribution in [-0.2, 0) is 11.3 Å². The number of aliphatic hydroxyl groups is 1. The van der Waals surface area contributed by atoms with E-state index in [1.807, 2.05) is 6.07 Å². The van der Waals surface area contributed by atoms with Crippen molar-refractivity contribution < 1.29 is 9.90 Å². The molecule has 0 radical (unpaired) electrons. The highest BCUT2D eigenvalue weighted by atomic mass is 32.1. The number of carbonyl (C=O) groups excluding carboxylic acids is 1. The van der Waals surface area contributed by atoms with E-state index in [0.29, 0.717) is 22.2 Å². The summed E-state index contributed by atoms with van der Waals surface area (Å²) in [6, 6.07) is 7.17. The van der Waals surface area contributed by atoms with Crippen molar-refractivity contribution in [3.63, 3.8) is 0 Å². The Balaban J connectivity index is 1.64. The van der Waals surface area contributed by atoms with Crippen LogP contribution in [0.15, 0.2) is 29.1 Å². The molecule has 0 unspecified atom stereocenters. The predicted molar refractivity (Wildman–Crippen MR) is 94.4 cm³/mol. The SMILES string of the molecule is O=C(CCn1c(=S)[nH]c2ccccc2c1=O)NC[C@H]1CCC[C@H]1O. The maximum Gasteiger partial charge on any atom is 0.262 e. The number of rotatable bonds is 5. The molecule has 3 rings (SSSR count). The molecule has 3 N–H and O–H groups in total. The molecule has 0 aliphatic heterocycles. The highest BCUT2D eigenvalue weighted by molar-refractivity contribution is 7.71. The Morgan fingerprint density at radius 2 is 2.17 bits per heavy atom. The van der Waals surface area contributed by atoms with E-state index in [9.17, 15) is 14.7 Å². The lowest BCUT2D eigenvalue weighted by Gasteiger charge is -2.15. The van der Waals surface area contributed by atoms with Gasteiger partial charge in [-0.25, -0.2) is 0 Å². The first-order valence-electron chi connectivity index (χ1n) is 8.23. The molecule has 2 atom stereocenters. The zero-order valence-corrected chi connectivity index (χ0v) is 14.1. The lowest BCUT2D eigenvalue weighted by Crippen LogP contribution is -2.33. The molecule has 1 heterocycles. The summed E-state index contributed by atoms with van der Waals surface area (Å²) in [5.41, 5.74) is 0.511. The van der Waals surface area contributed by atoms with Crippen LogP contribution in [0.1, 0.15) is 25.7 Å². The van der Waals surface area contributed by atoms with Crippen molar-refractivity contribution >= 4 is 29.0 Å². The van der Waals surface area contributed by atoms with Gasteiger partial charge in [-0.2, -0.15) is 0 Å². The fourth-order valence-electron chi connectivity index (χ4n) is 3.20. The van der Waals surface area contributed by atoms with E-state index in [4.69, 9.17) is 12.2 Å². The van der Waals surface area contributed by atoms with Crippen molar-refractivity contribution in [3.05, 3.63) is 39.4 Å². The van der Waals surface area contributed by atoms with Gasteiger partial charge in [-0.05, 0) is 37.2 Å². The van der Waals surface area contributed by atoms with Crippen LogP contribution >= 0.6 is 12.2 Å². The zero-order valence-electron chi connectivity index (χ0n) is 13.3. The maximum absolute atomic E-state index is 12.5. The minimum absolute atomic E-state index is 0.136. The van der Waals surface area contributed by atoms with E-state index in [2.05, 4.69) is 10.3 Å². The van der Waals surface area contributed by atoms with Gasteiger partial charge >= 0.3 is 0 Å². The third-order valence-electron chi connectivity index (χ3n) is 4.63. The van der Waals surface area contributed by atoms with Gasteiger partial charge in [0.25, 0.3) is 5.56 Å². The number of aromatic nitrogens is 2. The van der Waals surface area contributed by atoms with Crippen molar-refractivity contribution in [2.45, 2.75) is 38.3 Å².